The lowest BCUT2D eigenvalue weighted by atomic mass is 10.2. The minimum atomic E-state index is -0.121. The van der Waals surface area contributed by atoms with E-state index in [1.54, 1.807) is 13.2 Å². The Labute approximate surface area is 177 Å². The van der Waals surface area contributed by atoms with Crippen LogP contribution in [0, 0.1) is 0 Å². The summed E-state index contributed by atoms with van der Waals surface area (Å²) in [5, 5.41) is 9.19. The molecular formula is C22H30N4O4. The Hall–Kier alpha value is -3.42. The topological polar surface area (TPSA) is 93.2 Å². The summed E-state index contributed by atoms with van der Waals surface area (Å²) < 4.78 is 16.7. The van der Waals surface area contributed by atoms with Crippen LogP contribution in [0.25, 0.3) is 0 Å². The SMILES string of the molecule is CCNC(=NCCOc1cccc(NC(C)=O)c1)Nc1ccc(OCC)c(OC)c1. The molecule has 0 aliphatic carbocycles. The second-order valence-corrected chi connectivity index (χ2v) is 6.24. The van der Waals surface area contributed by atoms with Gasteiger partial charge >= 0.3 is 0 Å². The molecule has 0 aromatic heterocycles. The second kappa shape index (κ2) is 12.2. The molecule has 0 saturated heterocycles. The zero-order chi connectivity index (χ0) is 21.8. The number of methoxy groups -OCH3 is 1. The first-order valence-electron chi connectivity index (χ1n) is 9.92. The van der Waals surface area contributed by atoms with E-state index in [4.69, 9.17) is 14.2 Å². The number of ether oxygens (including phenoxy) is 3. The third-order valence-corrected chi connectivity index (χ3v) is 3.85. The highest BCUT2D eigenvalue weighted by Gasteiger charge is 2.07. The van der Waals surface area contributed by atoms with E-state index < -0.39 is 0 Å². The number of hydrogen-bond donors (Lipinski definition) is 3. The van der Waals surface area contributed by atoms with Gasteiger partial charge in [-0.15, -0.1) is 0 Å². The lowest BCUT2D eigenvalue weighted by molar-refractivity contribution is -0.114. The van der Waals surface area contributed by atoms with E-state index in [9.17, 15) is 4.79 Å². The summed E-state index contributed by atoms with van der Waals surface area (Å²) in [6.45, 7) is 7.54. The van der Waals surface area contributed by atoms with Crippen molar-refractivity contribution in [2.75, 3.05) is 44.0 Å². The fourth-order valence-electron chi connectivity index (χ4n) is 2.65. The van der Waals surface area contributed by atoms with Gasteiger partial charge in [-0.25, -0.2) is 4.99 Å². The highest BCUT2D eigenvalue weighted by atomic mass is 16.5. The van der Waals surface area contributed by atoms with E-state index >= 15 is 0 Å². The summed E-state index contributed by atoms with van der Waals surface area (Å²) in [5.74, 6) is 2.54. The Balaban J connectivity index is 1.95. The molecule has 0 heterocycles. The number of nitrogens with zero attached hydrogens (tertiary/aromatic N) is 1. The van der Waals surface area contributed by atoms with Crippen LogP contribution in [0.3, 0.4) is 0 Å². The molecule has 3 N–H and O–H groups in total. The van der Waals surface area contributed by atoms with Crippen LogP contribution in [0.1, 0.15) is 20.8 Å². The first-order chi connectivity index (χ1) is 14.5. The van der Waals surface area contributed by atoms with Crippen molar-refractivity contribution in [3.8, 4) is 17.2 Å². The molecule has 8 nitrogen and oxygen atoms in total. The van der Waals surface area contributed by atoms with Gasteiger partial charge in [0, 0.05) is 37.0 Å². The van der Waals surface area contributed by atoms with Crippen LogP contribution in [-0.4, -0.2) is 45.3 Å². The molecular weight excluding hydrogens is 384 g/mol. The maximum absolute atomic E-state index is 11.2. The zero-order valence-electron chi connectivity index (χ0n) is 18.0. The van der Waals surface area contributed by atoms with Gasteiger partial charge in [0.1, 0.15) is 12.4 Å². The number of hydrogen-bond acceptors (Lipinski definition) is 5. The van der Waals surface area contributed by atoms with Crippen molar-refractivity contribution >= 4 is 23.2 Å². The molecule has 0 atom stereocenters. The van der Waals surface area contributed by atoms with Crippen LogP contribution >= 0.6 is 0 Å². The summed E-state index contributed by atoms with van der Waals surface area (Å²) >= 11 is 0. The number of rotatable bonds is 10. The normalized spacial score (nSPS) is 10.9. The minimum absolute atomic E-state index is 0.121. The molecule has 0 aliphatic rings. The van der Waals surface area contributed by atoms with Gasteiger partial charge < -0.3 is 30.2 Å². The number of carbonyl (C=O) groups excluding carboxylic acids is 1. The average molecular weight is 415 g/mol. The van der Waals surface area contributed by atoms with Crippen LogP contribution in [0.2, 0.25) is 0 Å². The number of anilines is 2. The molecule has 0 bridgehead atoms. The van der Waals surface area contributed by atoms with E-state index in [2.05, 4.69) is 20.9 Å². The van der Waals surface area contributed by atoms with E-state index in [1.807, 2.05) is 50.2 Å². The predicted octanol–water partition coefficient (Wildman–Crippen LogP) is 3.51. The largest absolute Gasteiger partial charge is 0.493 e. The van der Waals surface area contributed by atoms with Crippen molar-refractivity contribution in [1.29, 1.82) is 0 Å². The molecule has 2 aromatic carbocycles. The Morgan fingerprint density at radius 1 is 1.00 bits per heavy atom. The van der Waals surface area contributed by atoms with Gasteiger partial charge in [0.2, 0.25) is 5.91 Å². The predicted molar refractivity (Wildman–Crippen MR) is 120 cm³/mol. The summed E-state index contributed by atoms with van der Waals surface area (Å²) in [7, 11) is 1.61. The molecule has 8 heteroatoms. The van der Waals surface area contributed by atoms with Crippen molar-refractivity contribution in [3.63, 3.8) is 0 Å². The fourth-order valence-corrected chi connectivity index (χ4v) is 2.65. The molecule has 1 amide bonds. The summed E-state index contributed by atoms with van der Waals surface area (Å²) in [6.07, 6.45) is 0. The van der Waals surface area contributed by atoms with Crippen LogP contribution in [0.15, 0.2) is 47.5 Å². The maximum Gasteiger partial charge on any atom is 0.221 e. The van der Waals surface area contributed by atoms with Gasteiger partial charge in [0.15, 0.2) is 17.5 Å². The average Bonchev–Trinajstić information content (AvgIpc) is 2.72. The smallest absolute Gasteiger partial charge is 0.221 e. The maximum atomic E-state index is 11.2. The molecule has 0 spiro atoms. The Morgan fingerprint density at radius 3 is 2.50 bits per heavy atom. The monoisotopic (exact) mass is 414 g/mol. The lowest BCUT2D eigenvalue weighted by Gasteiger charge is -2.14. The van der Waals surface area contributed by atoms with Gasteiger partial charge in [-0.2, -0.15) is 0 Å². The van der Waals surface area contributed by atoms with Gasteiger partial charge in [0.05, 0.1) is 20.3 Å². The number of aliphatic imine (C=N–C) groups is 1. The van der Waals surface area contributed by atoms with Crippen LogP contribution in [-0.2, 0) is 4.79 Å². The molecule has 162 valence electrons. The summed E-state index contributed by atoms with van der Waals surface area (Å²) in [6, 6.07) is 12.9. The van der Waals surface area contributed by atoms with Gasteiger partial charge in [0.25, 0.3) is 0 Å². The summed E-state index contributed by atoms with van der Waals surface area (Å²) in [4.78, 5) is 15.7. The van der Waals surface area contributed by atoms with E-state index in [0.29, 0.717) is 48.7 Å². The van der Waals surface area contributed by atoms with Crippen molar-refractivity contribution < 1.29 is 19.0 Å². The lowest BCUT2D eigenvalue weighted by Crippen LogP contribution is -2.31. The highest BCUT2D eigenvalue weighted by molar-refractivity contribution is 5.94. The van der Waals surface area contributed by atoms with Crippen molar-refractivity contribution in [2.24, 2.45) is 4.99 Å². The van der Waals surface area contributed by atoms with Crippen molar-refractivity contribution in [3.05, 3.63) is 42.5 Å². The molecule has 0 aliphatic heterocycles. The summed E-state index contributed by atoms with van der Waals surface area (Å²) in [5.41, 5.74) is 1.53. The fraction of sp³-hybridized carbons (Fsp3) is 0.364. The Morgan fingerprint density at radius 2 is 1.80 bits per heavy atom. The number of guanidine groups is 1. The van der Waals surface area contributed by atoms with Gasteiger partial charge in [-0.3, -0.25) is 4.79 Å². The van der Waals surface area contributed by atoms with Crippen molar-refractivity contribution in [1.82, 2.24) is 5.32 Å². The quantitative estimate of drug-likeness (QED) is 0.313. The van der Waals surface area contributed by atoms with E-state index in [0.717, 1.165) is 12.2 Å². The van der Waals surface area contributed by atoms with Gasteiger partial charge in [-0.05, 0) is 38.1 Å². The van der Waals surface area contributed by atoms with Crippen LogP contribution in [0.4, 0.5) is 11.4 Å². The number of carbonyl (C=O) groups is 1. The third-order valence-electron chi connectivity index (χ3n) is 3.85. The standard InChI is InChI=1S/C22H30N4O4/c1-5-23-22(26-18-10-11-20(29-6-2)21(15-18)28-4)24-12-13-30-19-9-7-8-17(14-19)25-16(3)27/h7-11,14-15H,5-6,12-13H2,1-4H3,(H,25,27)(H2,23,24,26). The number of nitrogens with one attached hydrogen (secondary N) is 3. The Bertz CT molecular complexity index is 855. The van der Waals surface area contributed by atoms with E-state index in [1.165, 1.54) is 6.92 Å². The first kappa shape index (κ1) is 22.9. The molecule has 0 radical (unpaired) electrons. The molecule has 2 rings (SSSR count). The van der Waals surface area contributed by atoms with Crippen LogP contribution in [0.5, 0.6) is 17.2 Å². The number of benzene rings is 2. The molecule has 0 fully saturated rings. The van der Waals surface area contributed by atoms with Crippen LogP contribution < -0.4 is 30.2 Å². The third kappa shape index (κ3) is 7.54. The highest BCUT2D eigenvalue weighted by Crippen LogP contribution is 2.30. The van der Waals surface area contributed by atoms with Crippen molar-refractivity contribution in [2.45, 2.75) is 20.8 Å². The molecule has 2 aromatic rings. The Kier molecular flexibility index (Phi) is 9.30. The molecule has 0 unspecified atom stereocenters. The first-order valence-corrected chi connectivity index (χ1v) is 9.92. The molecule has 30 heavy (non-hydrogen) atoms. The minimum Gasteiger partial charge on any atom is -0.493 e. The van der Waals surface area contributed by atoms with Gasteiger partial charge in [-0.1, -0.05) is 6.07 Å². The zero-order valence-corrected chi connectivity index (χ0v) is 18.0. The van der Waals surface area contributed by atoms with E-state index in [-0.39, 0.29) is 5.91 Å². The second-order valence-electron chi connectivity index (χ2n) is 6.24. The number of amides is 1. The molecule has 0 saturated carbocycles.